The third-order valence-electron chi connectivity index (χ3n) is 3.37. The number of aromatic nitrogens is 1. The van der Waals surface area contributed by atoms with Crippen molar-refractivity contribution >= 4 is 22.4 Å². The van der Waals surface area contributed by atoms with Crippen molar-refractivity contribution in [2.45, 2.75) is 25.8 Å². The van der Waals surface area contributed by atoms with Crippen LogP contribution in [-0.2, 0) is 17.6 Å². The van der Waals surface area contributed by atoms with Gasteiger partial charge in [-0.3, -0.25) is 0 Å². The Hall–Kier alpha value is -1.88. The van der Waals surface area contributed by atoms with Gasteiger partial charge >= 0.3 is 5.97 Å². The first-order chi connectivity index (χ1) is 9.76. The number of nitrogens with zero attached hydrogens (tertiary/aromatic N) is 1. The van der Waals surface area contributed by atoms with Gasteiger partial charge in [-0.2, -0.15) is 0 Å². The number of carbonyl (C=O) groups excluding carboxylic acids is 1. The molecule has 1 heterocycles. The molecule has 0 unspecified atom stereocenters. The lowest BCUT2D eigenvalue weighted by atomic mass is 10.1. The van der Waals surface area contributed by atoms with Crippen LogP contribution < -0.4 is 5.32 Å². The summed E-state index contributed by atoms with van der Waals surface area (Å²) in [6.07, 6.45) is 2.01. The van der Waals surface area contributed by atoms with E-state index in [2.05, 4.69) is 34.6 Å². The number of rotatable bonds is 4. The van der Waals surface area contributed by atoms with Gasteiger partial charge in [0.15, 0.2) is 10.8 Å². The highest BCUT2D eigenvalue weighted by atomic mass is 32.1. The second-order valence-electron chi connectivity index (χ2n) is 4.78. The van der Waals surface area contributed by atoms with Gasteiger partial charge in [0.1, 0.15) is 0 Å². The summed E-state index contributed by atoms with van der Waals surface area (Å²) in [6.45, 7) is 2.16. The molecule has 1 aliphatic rings. The SMILES string of the molecule is CCOC(=O)c1csc(NC2Cc3ccccc3C2)n1. The summed E-state index contributed by atoms with van der Waals surface area (Å²) < 4.78 is 4.94. The Bertz CT molecular complexity index is 599. The molecule has 0 amide bonds. The van der Waals surface area contributed by atoms with Gasteiger partial charge < -0.3 is 10.1 Å². The van der Waals surface area contributed by atoms with E-state index in [-0.39, 0.29) is 5.97 Å². The van der Waals surface area contributed by atoms with E-state index in [4.69, 9.17) is 4.74 Å². The third-order valence-corrected chi connectivity index (χ3v) is 4.14. The molecule has 0 spiro atoms. The van der Waals surface area contributed by atoms with E-state index >= 15 is 0 Å². The number of hydrogen-bond acceptors (Lipinski definition) is 5. The molecule has 0 aliphatic heterocycles. The fraction of sp³-hybridized carbons (Fsp3) is 0.333. The summed E-state index contributed by atoms with van der Waals surface area (Å²) in [6, 6.07) is 8.84. The van der Waals surface area contributed by atoms with Gasteiger partial charge in [0, 0.05) is 11.4 Å². The minimum Gasteiger partial charge on any atom is -0.461 e. The van der Waals surface area contributed by atoms with E-state index in [1.807, 2.05) is 0 Å². The zero-order chi connectivity index (χ0) is 13.9. The van der Waals surface area contributed by atoms with Crippen molar-refractivity contribution in [1.82, 2.24) is 4.98 Å². The monoisotopic (exact) mass is 288 g/mol. The normalized spacial score (nSPS) is 14.1. The van der Waals surface area contributed by atoms with Crippen LogP contribution in [0.2, 0.25) is 0 Å². The van der Waals surface area contributed by atoms with Crippen molar-refractivity contribution in [1.29, 1.82) is 0 Å². The van der Waals surface area contributed by atoms with Gasteiger partial charge in [0.2, 0.25) is 0 Å². The number of benzene rings is 1. The van der Waals surface area contributed by atoms with Crippen molar-refractivity contribution in [2.24, 2.45) is 0 Å². The Kier molecular flexibility index (Phi) is 3.69. The quantitative estimate of drug-likeness (QED) is 0.879. The lowest BCUT2D eigenvalue weighted by Gasteiger charge is -2.09. The number of anilines is 1. The van der Waals surface area contributed by atoms with Crippen LogP contribution in [-0.4, -0.2) is 23.6 Å². The summed E-state index contributed by atoms with van der Waals surface area (Å²) >= 11 is 1.45. The highest BCUT2D eigenvalue weighted by Gasteiger charge is 2.22. The van der Waals surface area contributed by atoms with E-state index in [1.54, 1.807) is 12.3 Å². The Morgan fingerprint density at radius 2 is 2.10 bits per heavy atom. The maximum Gasteiger partial charge on any atom is 0.357 e. The molecule has 0 bridgehead atoms. The number of thiazole rings is 1. The van der Waals surface area contributed by atoms with Gasteiger partial charge in [0.25, 0.3) is 0 Å². The molecule has 3 rings (SSSR count). The fourth-order valence-corrected chi connectivity index (χ4v) is 3.23. The Morgan fingerprint density at radius 1 is 1.40 bits per heavy atom. The summed E-state index contributed by atoms with van der Waals surface area (Å²) in [7, 11) is 0. The Labute approximate surface area is 121 Å². The molecule has 0 saturated carbocycles. The van der Waals surface area contributed by atoms with Crippen molar-refractivity contribution < 1.29 is 9.53 Å². The van der Waals surface area contributed by atoms with E-state index in [0.29, 0.717) is 18.3 Å². The van der Waals surface area contributed by atoms with Crippen LogP contribution in [0.25, 0.3) is 0 Å². The first-order valence-corrected chi connectivity index (χ1v) is 7.60. The molecule has 1 aliphatic carbocycles. The van der Waals surface area contributed by atoms with Crippen LogP contribution in [0, 0.1) is 0 Å². The Morgan fingerprint density at radius 3 is 2.75 bits per heavy atom. The first kappa shape index (κ1) is 13.1. The molecule has 5 heteroatoms. The molecule has 0 saturated heterocycles. The van der Waals surface area contributed by atoms with Gasteiger partial charge in [-0.15, -0.1) is 11.3 Å². The van der Waals surface area contributed by atoms with Gasteiger partial charge in [-0.25, -0.2) is 9.78 Å². The minimum atomic E-state index is -0.355. The number of carbonyl (C=O) groups is 1. The summed E-state index contributed by atoms with van der Waals surface area (Å²) in [5, 5.41) is 5.93. The van der Waals surface area contributed by atoms with E-state index in [0.717, 1.165) is 18.0 Å². The van der Waals surface area contributed by atoms with Gasteiger partial charge in [0.05, 0.1) is 6.61 Å². The van der Waals surface area contributed by atoms with E-state index in [1.165, 1.54) is 22.5 Å². The van der Waals surface area contributed by atoms with Crippen LogP contribution in [0.4, 0.5) is 5.13 Å². The minimum absolute atomic E-state index is 0.355. The summed E-state index contributed by atoms with van der Waals surface area (Å²) in [4.78, 5) is 15.9. The fourth-order valence-electron chi connectivity index (χ4n) is 2.47. The molecular weight excluding hydrogens is 272 g/mol. The molecule has 0 fully saturated rings. The second kappa shape index (κ2) is 5.63. The number of hydrogen-bond donors (Lipinski definition) is 1. The largest absolute Gasteiger partial charge is 0.461 e. The molecule has 0 radical (unpaired) electrons. The maximum absolute atomic E-state index is 11.6. The van der Waals surface area contributed by atoms with Gasteiger partial charge in [-0.1, -0.05) is 24.3 Å². The third kappa shape index (κ3) is 2.67. The van der Waals surface area contributed by atoms with Crippen molar-refractivity contribution in [3.8, 4) is 0 Å². The average molecular weight is 288 g/mol. The van der Waals surface area contributed by atoms with E-state index in [9.17, 15) is 4.79 Å². The predicted octanol–water partition coefficient (Wildman–Crippen LogP) is 2.90. The predicted molar refractivity (Wildman–Crippen MR) is 79.3 cm³/mol. The lowest BCUT2D eigenvalue weighted by molar-refractivity contribution is 0.0520. The molecule has 104 valence electrons. The lowest BCUT2D eigenvalue weighted by Crippen LogP contribution is -2.19. The molecule has 4 nitrogen and oxygen atoms in total. The van der Waals surface area contributed by atoms with E-state index < -0.39 is 0 Å². The van der Waals surface area contributed by atoms with Crippen LogP contribution in [0.1, 0.15) is 28.5 Å². The number of esters is 1. The molecule has 1 aromatic heterocycles. The topological polar surface area (TPSA) is 51.2 Å². The maximum atomic E-state index is 11.6. The summed E-state index contributed by atoms with van der Waals surface area (Å²) in [5.41, 5.74) is 3.18. The van der Waals surface area contributed by atoms with Crippen LogP contribution in [0.3, 0.4) is 0 Å². The zero-order valence-electron chi connectivity index (χ0n) is 11.3. The highest BCUT2D eigenvalue weighted by molar-refractivity contribution is 7.13. The summed E-state index contributed by atoms with van der Waals surface area (Å²) in [5.74, 6) is -0.355. The first-order valence-electron chi connectivity index (χ1n) is 6.72. The molecule has 1 aromatic carbocycles. The van der Waals surface area contributed by atoms with Gasteiger partial charge in [-0.05, 0) is 30.9 Å². The van der Waals surface area contributed by atoms with Crippen LogP contribution in [0.5, 0.6) is 0 Å². The average Bonchev–Trinajstić information content (AvgIpc) is 3.05. The van der Waals surface area contributed by atoms with Crippen molar-refractivity contribution in [3.63, 3.8) is 0 Å². The molecule has 1 N–H and O–H groups in total. The standard InChI is InChI=1S/C15H16N2O2S/c1-2-19-14(18)13-9-20-15(17-13)16-12-7-10-5-3-4-6-11(10)8-12/h3-6,9,12H,2,7-8H2,1H3,(H,16,17). The molecule has 2 aromatic rings. The van der Waals surface area contributed by atoms with Crippen molar-refractivity contribution in [3.05, 3.63) is 46.5 Å². The van der Waals surface area contributed by atoms with Crippen LogP contribution in [0.15, 0.2) is 29.6 Å². The Balaban J connectivity index is 1.64. The molecule has 20 heavy (non-hydrogen) atoms. The number of nitrogens with one attached hydrogen (secondary N) is 1. The zero-order valence-corrected chi connectivity index (χ0v) is 12.1. The number of ether oxygens (including phenoxy) is 1. The highest BCUT2D eigenvalue weighted by Crippen LogP contribution is 2.25. The smallest absolute Gasteiger partial charge is 0.357 e. The second-order valence-corrected chi connectivity index (χ2v) is 5.63. The van der Waals surface area contributed by atoms with Crippen LogP contribution >= 0.6 is 11.3 Å². The van der Waals surface area contributed by atoms with Crippen molar-refractivity contribution in [2.75, 3.05) is 11.9 Å². The number of fused-ring (bicyclic) bond motifs is 1. The molecular formula is C15H16N2O2S. The molecule has 0 atom stereocenters.